The number of ether oxygens (including phenoxy) is 1. The molecule has 2 aromatic rings. The van der Waals surface area contributed by atoms with E-state index in [9.17, 15) is 4.79 Å². The van der Waals surface area contributed by atoms with Crippen LogP contribution in [0.1, 0.15) is 17.4 Å². The molecule has 20 heavy (non-hydrogen) atoms. The molecule has 106 valence electrons. The van der Waals surface area contributed by atoms with Crippen molar-refractivity contribution in [1.82, 2.24) is 19.7 Å². The van der Waals surface area contributed by atoms with Gasteiger partial charge in [-0.2, -0.15) is 10.1 Å². The van der Waals surface area contributed by atoms with Gasteiger partial charge in [-0.1, -0.05) is 11.6 Å². The summed E-state index contributed by atoms with van der Waals surface area (Å²) in [6, 6.07) is 1.43. The number of nitrogen functional groups attached to an aromatic ring is 1. The van der Waals surface area contributed by atoms with E-state index in [1.165, 1.54) is 24.1 Å². The van der Waals surface area contributed by atoms with Crippen LogP contribution in [-0.4, -0.2) is 32.8 Å². The molecule has 2 aromatic heterocycles. The van der Waals surface area contributed by atoms with Gasteiger partial charge in [0.1, 0.15) is 10.8 Å². The number of rotatable bonds is 4. The highest BCUT2D eigenvalue weighted by Crippen LogP contribution is 2.17. The molecule has 0 saturated carbocycles. The zero-order valence-electron chi connectivity index (χ0n) is 10.9. The smallest absolute Gasteiger partial charge is 0.278 e. The highest BCUT2D eigenvalue weighted by Gasteiger charge is 2.17. The first-order valence-electron chi connectivity index (χ1n) is 5.76. The van der Waals surface area contributed by atoms with Gasteiger partial charge in [0.15, 0.2) is 0 Å². The summed E-state index contributed by atoms with van der Waals surface area (Å²) in [7, 11) is 1.44. The Bertz CT molecular complexity index is 642. The minimum atomic E-state index is -0.467. The van der Waals surface area contributed by atoms with E-state index in [0.717, 1.165) is 0 Å². The van der Waals surface area contributed by atoms with Crippen molar-refractivity contribution in [1.29, 1.82) is 0 Å². The molecule has 0 spiro atoms. The van der Waals surface area contributed by atoms with E-state index >= 15 is 0 Å². The van der Waals surface area contributed by atoms with Crippen LogP contribution >= 0.6 is 11.6 Å². The van der Waals surface area contributed by atoms with Crippen LogP contribution in [0.2, 0.25) is 5.15 Å². The molecule has 0 radical (unpaired) electrons. The normalized spacial score (nSPS) is 10.3. The SMILES string of the molecule is CCn1ncc(N)c1C(=O)Nc1nc(Cl)cc(OC)n1. The number of aromatic nitrogens is 4. The fraction of sp³-hybridized carbons (Fsp3) is 0.273. The first kappa shape index (κ1) is 14.1. The lowest BCUT2D eigenvalue weighted by Gasteiger charge is -2.07. The molecule has 0 fully saturated rings. The van der Waals surface area contributed by atoms with Crippen molar-refractivity contribution < 1.29 is 9.53 Å². The molecule has 3 N–H and O–H groups in total. The van der Waals surface area contributed by atoms with Crippen LogP contribution < -0.4 is 15.8 Å². The third kappa shape index (κ3) is 2.80. The highest BCUT2D eigenvalue weighted by atomic mass is 35.5. The fourth-order valence-corrected chi connectivity index (χ4v) is 1.78. The van der Waals surface area contributed by atoms with Gasteiger partial charge in [0.25, 0.3) is 5.91 Å². The molecule has 2 heterocycles. The van der Waals surface area contributed by atoms with E-state index in [-0.39, 0.29) is 28.4 Å². The number of amides is 1. The largest absolute Gasteiger partial charge is 0.481 e. The molecule has 8 nitrogen and oxygen atoms in total. The summed E-state index contributed by atoms with van der Waals surface area (Å²) in [6.07, 6.45) is 1.41. The molecule has 2 rings (SSSR count). The number of carbonyl (C=O) groups excluding carboxylic acids is 1. The quantitative estimate of drug-likeness (QED) is 0.820. The number of nitrogens with zero attached hydrogens (tertiary/aromatic N) is 4. The van der Waals surface area contributed by atoms with E-state index < -0.39 is 5.91 Å². The van der Waals surface area contributed by atoms with Gasteiger partial charge < -0.3 is 10.5 Å². The monoisotopic (exact) mass is 296 g/mol. The number of carbonyl (C=O) groups is 1. The van der Waals surface area contributed by atoms with Crippen LogP contribution in [-0.2, 0) is 6.54 Å². The molecule has 0 aliphatic heterocycles. The number of nitrogens with two attached hydrogens (primary N) is 1. The number of hydrogen-bond acceptors (Lipinski definition) is 6. The molecule has 0 saturated heterocycles. The zero-order chi connectivity index (χ0) is 14.7. The minimum Gasteiger partial charge on any atom is -0.481 e. The molecule has 0 aliphatic rings. The Balaban J connectivity index is 2.27. The topological polar surface area (TPSA) is 108 Å². The standard InChI is InChI=1S/C11H13ClN6O2/c1-3-18-9(6(13)5-14-18)10(19)17-11-15-7(12)4-8(16-11)20-2/h4-5H,3,13H2,1-2H3,(H,15,16,17,19). The number of hydrogen-bond donors (Lipinski definition) is 2. The molecule has 0 unspecified atom stereocenters. The van der Waals surface area contributed by atoms with Crippen molar-refractivity contribution in [2.24, 2.45) is 0 Å². The van der Waals surface area contributed by atoms with E-state index in [0.29, 0.717) is 6.54 Å². The van der Waals surface area contributed by atoms with Crippen LogP contribution in [0.3, 0.4) is 0 Å². The van der Waals surface area contributed by atoms with Crippen LogP contribution in [0.15, 0.2) is 12.3 Å². The second kappa shape index (κ2) is 5.74. The van der Waals surface area contributed by atoms with E-state index in [4.69, 9.17) is 22.1 Å². The zero-order valence-corrected chi connectivity index (χ0v) is 11.7. The Labute approximate surface area is 119 Å². The van der Waals surface area contributed by atoms with E-state index in [1.807, 2.05) is 6.92 Å². The van der Waals surface area contributed by atoms with Gasteiger partial charge in [-0.3, -0.25) is 14.8 Å². The van der Waals surface area contributed by atoms with Gasteiger partial charge in [-0.15, -0.1) is 0 Å². The molecule has 1 amide bonds. The minimum absolute atomic E-state index is 0.0302. The van der Waals surface area contributed by atoms with E-state index in [1.54, 1.807) is 0 Å². The lowest BCUT2D eigenvalue weighted by molar-refractivity contribution is 0.101. The summed E-state index contributed by atoms with van der Waals surface area (Å²) >= 11 is 5.80. The molecular weight excluding hydrogens is 284 g/mol. The maximum Gasteiger partial charge on any atom is 0.278 e. The van der Waals surface area contributed by atoms with Gasteiger partial charge in [0.2, 0.25) is 11.8 Å². The van der Waals surface area contributed by atoms with E-state index in [2.05, 4.69) is 20.4 Å². The number of aryl methyl sites for hydroxylation is 1. The predicted molar refractivity (Wildman–Crippen MR) is 73.9 cm³/mol. The van der Waals surface area contributed by atoms with Gasteiger partial charge in [-0.25, -0.2) is 4.98 Å². The Kier molecular flexibility index (Phi) is 4.04. The second-order valence-corrected chi connectivity index (χ2v) is 4.16. The number of methoxy groups -OCH3 is 1. The number of anilines is 2. The fourth-order valence-electron chi connectivity index (χ4n) is 1.61. The lowest BCUT2D eigenvalue weighted by atomic mass is 10.3. The van der Waals surface area contributed by atoms with Crippen molar-refractivity contribution in [3.63, 3.8) is 0 Å². The van der Waals surface area contributed by atoms with Gasteiger partial charge in [-0.05, 0) is 6.92 Å². The molecule has 0 aromatic carbocycles. The third-order valence-electron chi connectivity index (χ3n) is 2.49. The maximum absolute atomic E-state index is 12.2. The third-order valence-corrected chi connectivity index (χ3v) is 2.68. The highest BCUT2D eigenvalue weighted by molar-refractivity contribution is 6.29. The molecule has 9 heteroatoms. The first-order chi connectivity index (χ1) is 9.55. The molecule has 0 bridgehead atoms. The molecule has 0 atom stereocenters. The van der Waals surface area contributed by atoms with Crippen molar-refractivity contribution in [3.8, 4) is 5.88 Å². The predicted octanol–water partition coefficient (Wildman–Crippen LogP) is 1.19. The Hall–Kier alpha value is -2.35. The maximum atomic E-state index is 12.2. The molecule has 0 aliphatic carbocycles. The Morgan fingerprint density at radius 3 is 2.95 bits per heavy atom. The van der Waals surface area contributed by atoms with Gasteiger partial charge in [0, 0.05) is 12.6 Å². The Morgan fingerprint density at radius 1 is 1.55 bits per heavy atom. The molecular formula is C11H13ClN6O2. The average Bonchev–Trinajstić information content (AvgIpc) is 2.79. The summed E-state index contributed by atoms with van der Waals surface area (Å²) in [6.45, 7) is 2.36. The average molecular weight is 297 g/mol. The summed E-state index contributed by atoms with van der Waals surface area (Å²) in [4.78, 5) is 20.0. The van der Waals surface area contributed by atoms with Gasteiger partial charge >= 0.3 is 0 Å². The van der Waals surface area contributed by atoms with Crippen LogP contribution in [0.25, 0.3) is 0 Å². The van der Waals surface area contributed by atoms with Crippen molar-refractivity contribution >= 4 is 29.1 Å². The summed E-state index contributed by atoms with van der Waals surface area (Å²) < 4.78 is 6.43. The van der Waals surface area contributed by atoms with Crippen LogP contribution in [0.5, 0.6) is 5.88 Å². The van der Waals surface area contributed by atoms with Crippen LogP contribution in [0, 0.1) is 0 Å². The number of halogens is 1. The van der Waals surface area contributed by atoms with Gasteiger partial charge in [0.05, 0.1) is 19.0 Å². The summed E-state index contributed by atoms with van der Waals surface area (Å²) in [5, 5.41) is 6.65. The Morgan fingerprint density at radius 2 is 2.30 bits per heavy atom. The first-order valence-corrected chi connectivity index (χ1v) is 6.14. The van der Waals surface area contributed by atoms with Crippen molar-refractivity contribution in [2.75, 3.05) is 18.2 Å². The van der Waals surface area contributed by atoms with Crippen LogP contribution in [0.4, 0.5) is 11.6 Å². The second-order valence-electron chi connectivity index (χ2n) is 3.78. The summed E-state index contributed by atoms with van der Waals surface area (Å²) in [5.74, 6) is -0.189. The summed E-state index contributed by atoms with van der Waals surface area (Å²) in [5.41, 5.74) is 6.24. The van der Waals surface area contributed by atoms with Crippen molar-refractivity contribution in [3.05, 3.63) is 23.1 Å². The lowest BCUT2D eigenvalue weighted by Crippen LogP contribution is -2.20. The number of nitrogens with one attached hydrogen (secondary N) is 1. The van der Waals surface area contributed by atoms with Crippen molar-refractivity contribution in [2.45, 2.75) is 13.5 Å².